The van der Waals surface area contributed by atoms with Crippen LogP contribution in [0, 0.1) is 6.92 Å². The minimum absolute atomic E-state index is 0.114. The van der Waals surface area contributed by atoms with Crippen molar-refractivity contribution in [2.24, 2.45) is 0 Å². The van der Waals surface area contributed by atoms with Crippen LogP contribution in [0.25, 0.3) is 10.1 Å². The number of thiophene rings is 1. The molecule has 0 spiro atoms. The number of hydrogen-bond donors (Lipinski definition) is 1. The molecule has 2 heterocycles. The van der Waals surface area contributed by atoms with Crippen molar-refractivity contribution in [2.45, 2.75) is 52.1 Å². The zero-order valence-corrected chi connectivity index (χ0v) is 13.7. The maximum atomic E-state index is 13.0. The van der Waals surface area contributed by atoms with Gasteiger partial charge in [0.25, 0.3) is 5.91 Å². The first-order valence-corrected chi connectivity index (χ1v) is 8.45. The quantitative estimate of drug-likeness (QED) is 0.904. The molecule has 1 saturated heterocycles. The molecule has 2 atom stereocenters. The summed E-state index contributed by atoms with van der Waals surface area (Å²) in [5.74, 6) is 0.114. The maximum Gasteiger partial charge on any atom is 0.266 e. The Bertz CT molecular complexity index is 691. The van der Waals surface area contributed by atoms with Crippen molar-refractivity contribution >= 4 is 33.0 Å². The molecule has 0 bridgehead atoms. The fraction of sp³-hybridized carbons (Fsp3) is 0.471. The van der Waals surface area contributed by atoms with Crippen LogP contribution in [0.3, 0.4) is 0 Å². The van der Waals surface area contributed by atoms with Gasteiger partial charge in [0.2, 0.25) is 0 Å². The number of aryl methyl sites for hydroxylation is 1. The predicted molar refractivity (Wildman–Crippen MR) is 89.9 cm³/mol. The Balaban J connectivity index is 2.03. The number of nitrogen functional groups attached to an aromatic ring is 1. The molecule has 3 nitrogen and oxygen atoms in total. The number of anilines is 1. The number of nitrogens with two attached hydrogens (primary N) is 1. The largest absolute Gasteiger partial charge is 0.397 e. The van der Waals surface area contributed by atoms with Crippen LogP contribution >= 0.6 is 11.3 Å². The highest BCUT2D eigenvalue weighted by molar-refractivity contribution is 7.21. The van der Waals surface area contributed by atoms with E-state index in [2.05, 4.69) is 32.0 Å². The standard InChI is InChI=1S/C17H22N2OS/c1-4-12-7-6-11(3)19(12)17(20)16-15(18)13-9-10(2)5-8-14(13)21-16/h5,8-9,11-12H,4,6-7,18H2,1-3H3. The predicted octanol–water partition coefficient (Wildman–Crippen LogP) is 4.20. The van der Waals surface area contributed by atoms with E-state index in [1.54, 1.807) is 0 Å². The van der Waals surface area contributed by atoms with Crippen molar-refractivity contribution in [3.05, 3.63) is 28.6 Å². The second kappa shape index (κ2) is 5.34. The third-order valence-corrected chi connectivity index (χ3v) is 5.74. The molecule has 2 aromatic rings. The summed E-state index contributed by atoms with van der Waals surface area (Å²) in [6.45, 7) is 6.34. The summed E-state index contributed by atoms with van der Waals surface area (Å²) in [6.07, 6.45) is 3.21. The number of carbonyl (C=O) groups is 1. The van der Waals surface area contributed by atoms with E-state index >= 15 is 0 Å². The Kier molecular flexibility index (Phi) is 3.66. The highest BCUT2D eigenvalue weighted by Gasteiger charge is 2.35. The minimum atomic E-state index is 0.114. The van der Waals surface area contributed by atoms with E-state index in [4.69, 9.17) is 5.73 Å². The second-order valence-corrected chi connectivity index (χ2v) is 7.10. The van der Waals surface area contributed by atoms with Crippen LogP contribution < -0.4 is 5.73 Å². The van der Waals surface area contributed by atoms with Crippen molar-refractivity contribution in [1.29, 1.82) is 0 Å². The summed E-state index contributed by atoms with van der Waals surface area (Å²) in [7, 11) is 0. The van der Waals surface area contributed by atoms with Gasteiger partial charge in [0.05, 0.1) is 5.69 Å². The Hall–Kier alpha value is -1.55. The minimum Gasteiger partial charge on any atom is -0.397 e. The lowest BCUT2D eigenvalue weighted by atomic mass is 10.1. The number of benzene rings is 1. The molecule has 1 aliphatic heterocycles. The van der Waals surface area contributed by atoms with Gasteiger partial charge in [0.15, 0.2) is 0 Å². The lowest BCUT2D eigenvalue weighted by Gasteiger charge is -2.27. The molecular formula is C17H22N2OS. The van der Waals surface area contributed by atoms with Crippen molar-refractivity contribution < 1.29 is 4.79 Å². The van der Waals surface area contributed by atoms with Gasteiger partial charge in [-0.25, -0.2) is 0 Å². The first kappa shape index (κ1) is 14.4. The van der Waals surface area contributed by atoms with E-state index in [1.807, 2.05) is 11.8 Å². The van der Waals surface area contributed by atoms with Crippen LogP contribution in [0.5, 0.6) is 0 Å². The van der Waals surface area contributed by atoms with Gasteiger partial charge in [-0.2, -0.15) is 0 Å². The number of hydrogen-bond acceptors (Lipinski definition) is 3. The van der Waals surface area contributed by atoms with E-state index in [-0.39, 0.29) is 5.91 Å². The number of amides is 1. The van der Waals surface area contributed by atoms with Crippen molar-refractivity contribution in [3.8, 4) is 0 Å². The van der Waals surface area contributed by atoms with Crippen LogP contribution in [-0.2, 0) is 0 Å². The van der Waals surface area contributed by atoms with Crippen LogP contribution in [-0.4, -0.2) is 22.9 Å². The first-order chi connectivity index (χ1) is 10.0. The lowest BCUT2D eigenvalue weighted by molar-refractivity contribution is 0.0682. The molecule has 1 fully saturated rings. The van der Waals surface area contributed by atoms with Crippen LogP contribution in [0.2, 0.25) is 0 Å². The molecule has 1 aromatic carbocycles. The van der Waals surface area contributed by atoms with Gasteiger partial charge in [-0.15, -0.1) is 11.3 Å². The van der Waals surface area contributed by atoms with Gasteiger partial charge in [0.1, 0.15) is 4.88 Å². The van der Waals surface area contributed by atoms with E-state index in [0.29, 0.717) is 22.6 Å². The Morgan fingerprint density at radius 3 is 2.90 bits per heavy atom. The molecule has 2 unspecified atom stereocenters. The average Bonchev–Trinajstić information content (AvgIpc) is 2.99. The van der Waals surface area contributed by atoms with Gasteiger partial charge in [-0.3, -0.25) is 4.79 Å². The van der Waals surface area contributed by atoms with Crippen molar-refractivity contribution in [3.63, 3.8) is 0 Å². The third kappa shape index (κ3) is 2.31. The number of nitrogens with zero attached hydrogens (tertiary/aromatic N) is 1. The molecule has 3 rings (SSSR count). The molecule has 1 aliphatic rings. The summed E-state index contributed by atoms with van der Waals surface area (Å²) in [5, 5.41) is 1.02. The highest BCUT2D eigenvalue weighted by atomic mass is 32.1. The van der Waals surface area contributed by atoms with E-state index < -0.39 is 0 Å². The van der Waals surface area contributed by atoms with Crippen LogP contribution in [0.1, 0.15) is 48.3 Å². The van der Waals surface area contributed by atoms with Gasteiger partial charge >= 0.3 is 0 Å². The van der Waals surface area contributed by atoms with E-state index in [1.165, 1.54) is 16.9 Å². The molecule has 1 amide bonds. The molecule has 0 radical (unpaired) electrons. The third-order valence-electron chi connectivity index (χ3n) is 4.57. The molecule has 4 heteroatoms. The zero-order chi connectivity index (χ0) is 15.1. The second-order valence-electron chi connectivity index (χ2n) is 6.05. The Morgan fingerprint density at radius 1 is 1.43 bits per heavy atom. The number of likely N-dealkylation sites (tertiary alicyclic amines) is 1. The molecule has 0 saturated carbocycles. The molecule has 21 heavy (non-hydrogen) atoms. The normalized spacial score (nSPS) is 22.1. The lowest BCUT2D eigenvalue weighted by Crippen LogP contribution is -2.39. The van der Waals surface area contributed by atoms with E-state index in [0.717, 1.165) is 29.3 Å². The molecule has 2 N–H and O–H groups in total. The number of rotatable bonds is 2. The Morgan fingerprint density at radius 2 is 2.19 bits per heavy atom. The zero-order valence-electron chi connectivity index (χ0n) is 12.8. The molecule has 0 aliphatic carbocycles. The summed E-state index contributed by atoms with van der Waals surface area (Å²) in [5.41, 5.74) is 8.10. The molecular weight excluding hydrogens is 280 g/mol. The monoisotopic (exact) mass is 302 g/mol. The van der Waals surface area contributed by atoms with Gasteiger partial charge in [-0.1, -0.05) is 18.6 Å². The summed E-state index contributed by atoms with van der Waals surface area (Å²) < 4.78 is 1.10. The van der Waals surface area contributed by atoms with Crippen molar-refractivity contribution in [2.75, 3.05) is 5.73 Å². The fourth-order valence-electron chi connectivity index (χ4n) is 3.35. The number of fused-ring (bicyclic) bond motifs is 1. The van der Waals surface area contributed by atoms with Gasteiger partial charge in [-0.05, 0) is 45.2 Å². The maximum absolute atomic E-state index is 13.0. The fourth-order valence-corrected chi connectivity index (χ4v) is 4.39. The highest BCUT2D eigenvalue weighted by Crippen LogP contribution is 2.37. The number of carbonyl (C=O) groups excluding carboxylic acids is 1. The smallest absolute Gasteiger partial charge is 0.266 e. The summed E-state index contributed by atoms with van der Waals surface area (Å²) in [6, 6.07) is 6.88. The summed E-state index contributed by atoms with van der Waals surface area (Å²) in [4.78, 5) is 15.7. The summed E-state index contributed by atoms with van der Waals surface area (Å²) >= 11 is 1.53. The average molecular weight is 302 g/mol. The van der Waals surface area contributed by atoms with E-state index in [9.17, 15) is 4.79 Å². The van der Waals surface area contributed by atoms with Crippen LogP contribution in [0.4, 0.5) is 5.69 Å². The molecule has 112 valence electrons. The Labute approximate surface area is 129 Å². The first-order valence-electron chi connectivity index (χ1n) is 7.64. The van der Waals surface area contributed by atoms with Gasteiger partial charge in [0, 0.05) is 22.2 Å². The SMILES string of the molecule is CCC1CCC(C)N1C(=O)c1sc2ccc(C)cc2c1N. The van der Waals surface area contributed by atoms with Gasteiger partial charge < -0.3 is 10.6 Å². The van der Waals surface area contributed by atoms with Crippen molar-refractivity contribution in [1.82, 2.24) is 4.90 Å². The molecule has 1 aromatic heterocycles. The van der Waals surface area contributed by atoms with Crippen LogP contribution in [0.15, 0.2) is 18.2 Å². The topological polar surface area (TPSA) is 46.3 Å².